The van der Waals surface area contributed by atoms with E-state index < -0.39 is 0 Å². The molecule has 0 saturated carbocycles. The fourth-order valence-electron chi connectivity index (χ4n) is 4.44. The normalized spacial score (nSPS) is 19.1. The van der Waals surface area contributed by atoms with E-state index in [2.05, 4.69) is 53.8 Å². The molecular formula is C25H22N4O. The Hall–Kier alpha value is -3.60. The van der Waals surface area contributed by atoms with Crippen molar-refractivity contribution in [2.45, 2.75) is 26.2 Å². The van der Waals surface area contributed by atoms with Gasteiger partial charge in [0.15, 0.2) is 0 Å². The molecule has 1 aliphatic carbocycles. The van der Waals surface area contributed by atoms with Gasteiger partial charge in [-0.15, -0.1) is 0 Å². The second-order valence-electron chi connectivity index (χ2n) is 8.32. The third-order valence-corrected chi connectivity index (χ3v) is 6.06. The lowest BCUT2D eigenvalue weighted by atomic mass is 9.83. The highest BCUT2D eigenvalue weighted by Crippen LogP contribution is 2.47. The number of hydrogen-bond donors (Lipinski definition) is 0. The summed E-state index contributed by atoms with van der Waals surface area (Å²) in [5, 5.41) is 0. The fourth-order valence-corrected chi connectivity index (χ4v) is 4.44. The summed E-state index contributed by atoms with van der Waals surface area (Å²) < 4.78 is 0. The SMILES string of the molecule is Cc1ccc2c(c1)C(C)(C)/C(=C/N=C1C(=O)c3cccnc3-c3ncccc31)N2C. The van der Waals surface area contributed by atoms with E-state index in [9.17, 15) is 4.79 Å². The molecule has 0 unspecified atom stereocenters. The number of hydrogen-bond acceptors (Lipinski definition) is 5. The minimum atomic E-state index is -0.213. The molecule has 3 aromatic rings. The Morgan fingerprint density at radius 1 is 1.00 bits per heavy atom. The first-order chi connectivity index (χ1) is 14.4. The van der Waals surface area contributed by atoms with Gasteiger partial charge in [-0.2, -0.15) is 0 Å². The molecule has 2 aromatic heterocycles. The van der Waals surface area contributed by atoms with Crippen molar-refractivity contribution in [2.75, 3.05) is 11.9 Å². The van der Waals surface area contributed by atoms with Crippen molar-refractivity contribution in [1.82, 2.24) is 9.97 Å². The molecule has 30 heavy (non-hydrogen) atoms. The minimum absolute atomic E-state index is 0.123. The number of likely N-dealkylation sites (N-methyl/N-ethyl adjacent to an activating group) is 1. The third-order valence-electron chi connectivity index (χ3n) is 6.06. The first kappa shape index (κ1) is 18.4. The van der Waals surface area contributed by atoms with E-state index in [1.165, 1.54) is 16.8 Å². The van der Waals surface area contributed by atoms with Gasteiger partial charge in [-0.25, -0.2) is 0 Å². The van der Waals surface area contributed by atoms with E-state index >= 15 is 0 Å². The van der Waals surface area contributed by atoms with Gasteiger partial charge in [0.2, 0.25) is 5.78 Å². The molecule has 3 heterocycles. The van der Waals surface area contributed by atoms with Gasteiger partial charge in [-0.3, -0.25) is 19.8 Å². The Balaban J connectivity index is 1.66. The van der Waals surface area contributed by atoms with Gasteiger partial charge in [0.25, 0.3) is 0 Å². The van der Waals surface area contributed by atoms with E-state index in [-0.39, 0.29) is 11.2 Å². The number of Topliss-reactive ketones (excluding diaryl/α,β-unsaturated/α-hetero) is 1. The first-order valence-corrected chi connectivity index (χ1v) is 9.98. The maximum atomic E-state index is 13.2. The fraction of sp³-hybridized carbons (Fsp3) is 0.200. The maximum Gasteiger partial charge on any atom is 0.214 e. The molecule has 0 fully saturated rings. The quantitative estimate of drug-likeness (QED) is 0.600. The Morgan fingerprint density at radius 2 is 1.67 bits per heavy atom. The van der Waals surface area contributed by atoms with Crippen LogP contribution < -0.4 is 4.90 Å². The molecule has 148 valence electrons. The van der Waals surface area contributed by atoms with Gasteiger partial charge in [-0.05, 0) is 42.8 Å². The Morgan fingerprint density at radius 3 is 2.40 bits per heavy atom. The molecule has 5 rings (SSSR count). The van der Waals surface area contributed by atoms with E-state index in [0.717, 1.165) is 11.3 Å². The number of carbonyl (C=O) groups is 1. The van der Waals surface area contributed by atoms with Crippen molar-refractivity contribution in [3.05, 3.63) is 89.0 Å². The minimum Gasteiger partial charge on any atom is -0.346 e. The molecule has 2 aliphatic rings. The van der Waals surface area contributed by atoms with Crippen LogP contribution in [0.4, 0.5) is 5.69 Å². The number of pyridine rings is 2. The number of ketones is 1. The predicted molar refractivity (Wildman–Crippen MR) is 119 cm³/mol. The van der Waals surface area contributed by atoms with Crippen molar-refractivity contribution in [1.29, 1.82) is 0 Å². The Bertz CT molecular complexity index is 1270. The standard InChI is InChI=1S/C25H22N4O/c1-15-9-10-19-18(13-15)25(2,3)20(29(19)4)14-28-23-16-7-5-11-26-21(16)22-17(24(23)30)8-6-12-27-22/h5-14H,1-4H3/b20-14-,28-23?. The number of carbonyl (C=O) groups excluding carboxylic acids is 1. The molecule has 0 spiro atoms. The monoisotopic (exact) mass is 394 g/mol. The topological polar surface area (TPSA) is 58.5 Å². The highest BCUT2D eigenvalue weighted by Gasteiger charge is 2.39. The summed E-state index contributed by atoms with van der Waals surface area (Å²) in [4.78, 5) is 29.0. The summed E-state index contributed by atoms with van der Waals surface area (Å²) in [6, 6.07) is 13.8. The van der Waals surface area contributed by atoms with Crippen LogP contribution in [-0.2, 0) is 5.41 Å². The summed E-state index contributed by atoms with van der Waals surface area (Å²) in [6.45, 7) is 6.49. The predicted octanol–water partition coefficient (Wildman–Crippen LogP) is 4.71. The van der Waals surface area contributed by atoms with E-state index in [4.69, 9.17) is 4.99 Å². The van der Waals surface area contributed by atoms with Crippen molar-refractivity contribution in [3.8, 4) is 11.4 Å². The lowest BCUT2D eigenvalue weighted by Crippen LogP contribution is -2.25. The van der Waals surface area contributed by atoms with E-state index in [0.29, 0.717) is 22.7 Å². The van der Waals surface area contributed by atoms with Crippen LogP contribution in [0.25, 0.3) is 11.4 Å². The number of aromatic nitrogens is 2. The molecule has 0 saturated heterocycles. The number of aliphatic imine (C=N–C) groups is 1. The third kappa shape index (κ3) is 2.55. The van der Waals surface area contributed by atoms with Crippen LogP contribution in [0.5, 0.6) is 0 Å². The van der Waals surface area contributed by atoms with Crippen LogP contribution >= 0.6 is 0 Å². The molecule has 0 radical (unpaired) electrons. The van der Waals surface area contributed by atoms with Crippen LogP contribution in [0.1, 0.15) is 40.9 Å². The van der Waals surface area contributed by atoms with Crippen LogP contribution in [0.2, 0.25) is 0 Å². The summed E-state index contributed by atoms with van der Waals surface area (Å²) in [7, 11) is 2.05. The molecular weight excluding hydrogens is 372 g/mol. The molecule has 0 amide bonds. The Labute approximate surface area is 175 Å². The number of benzene rings is 1. The zero-order valence-electron chi connectivity index (χ0n) is 17.5. The molecule has 0 atom stereocenters. The summed E-state index contributed by atoms with van der Waals surface area (Å²) >= 11 is 0. The van der Waals surface area contributed by atoms with Crippen molar-refractivity contribution >= 4 is 17.2 Å². The highest BCUT2D eigenvalue weighted by atomic mass is 16.1. The van der Waals surface area contributed by atoms with Gasteiger partial charge in [0.05, 0.1) is 11.3 Å². The number of allylic oxidation sites excluding steroid dienone is 1. The molecule has 1 aromatic carbocycles. The molecule has 5 nitrogen and oxygen atoms in total. The van der Waals surface area contributed by atoms with Gasteiger partial charge in [0.1, 0.15) is 11.4 Å². The second kappa shape index (κ2) is 6.46. The van der Waals surface area contributed by atoms with Crippen LogP contribution in [0.15, 0.2) is 71.7 Å². The van der Waals surface area contributed by atoms with Crippen molar-refractivity contribution in [2.24, 2.45) is 4.99 Å². The number of rotatable bonds is 1. The molecule has 0 N–H and O–H groups in total. The lowest BCUT2D eigenvalue weighted by molar-refractivity contribution is 0.106. The first-order valence-electron chi connectivity index (χ1n) is 9.98. The highest BCUT2D eigenvalue weighted by molar-refractivity contribution is 6.54. The second-order valence-corrected chi connectivity index (χ2v) is 8.32. The summed E-state index contributed by atoms with van der Waals surface area (Å²) in [5.41, 5.74) is 7.48. The number of anilines is 1. The Kier molecular flexibility index (Phi) is 3.97. The van der Waals surface area contributed by atoms with Crippen LogP contribution in [-0.4, -0.2) is 28.5 Å². The summed E-state index contributed by atoms with van der Waals surface area (Å²) in [5.74, 6) is -0.123. The number of fused-ring (bicyclic) bond motifs is 4. The van der Waals surface area contributed by atoms with Gasteiger partial charge < -0.3 is 4.90 Å². The van der Waals surface area contributed by atoms with Gasteiger partial charge in [-0.1, -0.05) is 31.5 Å². The van der Waals surface area contributed by atoms with Gasteiger partial charge in [0, 0.05) is 48.0 Å². The summed E-state index contributed by atoms with van der Waals surface area (Å²) in [6.07, 6.45) is 5.24. The smallest absolute Gasteiger partial charge is 0.214 e. The van der Waals surface area contributed by atoms with Crippen molar-refractivity contribution in [3.63, 3.8) is 0 Å². The molecule has 5 heteroatoms. The van der Waals surface area contributed by atoms with Crippen LogP contribution in [0.3, 0.4) is 0 Å². The zero-order valence-corrected chi connectivity index (χ0v) is 17.5. The number of aryl methyl sites for hydroxylation is 1. The van der Waals surface area contributed by atoms with Crippen LogP contribution in [0, 0.1) is 6.92 Å². The van der Waals surface area contributed by atoms with E-state index in [1.807, 2.05) is 25.4 Å². The molecule has 1 aliphatic heterocycles. The lowest BCUT2D eigenvalue weighted by Gasteiger charge is -2.23. The van der Waals surface area contributed by atoms with Gasteiger partial charge >= 0.3 is 0 Å². The van der Waals surface area contributed by atoms with E-state index in [1.54, 1.807) is 24.5 Å². The largest absolute Gasteiger partial charge is 0.346 e. The molecule has 0 bridgehead atoms. The number of nitrogens with zero attached hydrogens (tertiary/aromatic N) is 4. The van der Waals surface area contributed by atoms with Crippen molar-refractivity contribution < 1.29 is 4.79 Å². The average molecular weight is 394 g/mol. The average Bonchev–Trinajstić information content (AvgIpc) is 2.93. The zero-order chi connectivity index (χ0) is 21.0. The maximum absolute atomic E-state index is 13.2.